The average molecular weight is 522 g/mol. The lowest BCUT2D eigenvalue weighted by Crippen LogP contribution is -2.47. The highest BCUT2D eigenvalue weighted by Crippen LogP contribution is 2.29. The van der Waals surface area contributed by atoms with E-state index in [0.29, 0.717) is 36.3 Å². The summed E-state index contributed by atoms with van der Waals surface area (Å²) in [5.74, 6) is 1.10. The van der Waals surface area contributed by atoms with E-state index in [1.165, 1.54) is 12.3 Å². The highest BCUT2D eigenvalue weighted by atomic mass is 35.5. The quantitative estimate of drug-likeness (QED) is 0.548. The molecule has 1 aromatic heterocycles. The number of alkyl halides is 3. The van der Waals surface area contributed by atoms with Gasteiger partial charge in [0.2, 0.25) is 0 Å². The van der Waals surface area contributed by atoms with E-state index in [4.69, 9.17) is 22.1 Å². The first-order valence-electron chi connectivity index (χ1n) is 11.4. The lowest BCUT2D eigenvalue weighted by Gasteiger charge is -2.32. The Hall–Kier alpha value is -3.15. The molecule has 1 unspecified atom stereocenters. The summed E-state index contributed by atoms with van der Waals surface area (Å²) in [6.07, 6.45) is 5.72. The lowest BCUT2D eigenvalue weighted by atomic mass is 10.0. The molecule has 0 amide bonds. The van der Waals surface area contributed by atoms with Crippen LogP contribution in [0, 0.1) is 0 Å². The van der Waals surface area contributed by atoms with E-state index < -0.39 is 11.9 Å². The summed E-state index contributed by atoms with van der Waals surface area (Å²) in [7, 11) is 0. The largest absolute Gasteiger partial charge is 0.433 e. The van der Waals surface area contributed by atoms with Crippen LogP contribution in [-0.4, -0.2) is 59.9 Å². The van der Waals surface area contributed by atoms with E-state index in [1.54, 1.807) is 18.4 Å². The van der Waals surface area contributed by atoms with E-state index in [0.717, 1.165) is 36.6 Å². The summed E-state index contributed by atoms with van der Waals surface area (Å²) in [5, 5.41) is 7.12. The van der Waals surface area contributed by atoms with E-state index in [9.17, 15) is 13.2 Å². The minimum absolute atomic E-state index is 0.107. The number of nitrogens with two attached hydrogens (primary N) is 1. The summed E-state index contributed by atoms with van der Waals surface area (Å²) in [6.45, 7) is 4.68. The number of hydrogen-bond donors (Lipinski definition) is 3. The number of allylic oxidation sites excluding steroid dienone is 2. The van der Waals surface area contributed by atoms with Crippen molar-refractivity contribution in [1.29, 1.82) is 0 Å². The number of aliphatic imine (C=N–C) groups is 2. The van der Waals surface area contributed by atoms with Crippen LogP contribution in [0.5, 0.6) is 0 Å². The third-order valence-corrected chi connectivity index (χ3v) is 6.01. The zero-order valence-electron chi connectivity index (χ0n) is 19.6. The van der Waals surface area contributed by atoms with Crippen molar-refractivity contribution in [2.75, 3.05) is 26.2 Å². The Labute approximate surface area is 212 Å². The van der Waals surface area contributed by atoms with Crippen molar-refractivity contribution >= 4 is 29.0 Å². The fourth-order valence-electron chi connectivity index (χ4n) is 4.02. The average Bonchev–Trinajstić information content (AvgIpc) is 2.83. The second-order valence-electron chi connectivity index (χ2n) is 8.55. The van der Waals surface area contributed by atoms with Gasteiger partial charge in [0.25, 0.3) is 0 Å². The van der Waals surface area contributed by atoms with Crippen molar-refractivity contribution in [3.63, 3.8) is 0 Å². The molecule has 8 nitrogen and oxygen atoms in total. The van der Waals surface area contributed by atoms with Gasteiger partial charge in [0.05, 0.1) is 37.2 Å². The second-order valence-corrected chi connectivity index (χ2v) is 8.99. The van der Waals surface area contributed by atoms with Crippen LogP contribution in [-0.2, 0) is 10.9 Å². The zero-order valence-corrected chi connectivity index (χ0v) is 20.4. The maximum atomic E-state index is 12.9. The minimum atomic E-state index is -4.51. The maximum absolute atomic E-state index is 12.9. The SMILES string of the molecule is C[C@H]1CN(CC2=NC(=Nc3ccc(C(F)(F)F)nc3)C/C(=C\C(=C/N)C3NC=CC=C3Cl)N2)CCO1. The Morgan fingerprint density at radius 2 is 2.22 bits per heavy atom. The molecule has 0 aliphatic carbocycles. The Balaban J connectivity index is 1.61. The number of rotatable bonds is 5. The molecule has 4 rings (SSSR count). The first kappa shape index (κ1) is 25.9. The number of aromatic nitrogens is 1. The third kappa shape index (κ3) is 6.74. The van der Waals surface area contributed by atoms with Crippen LogP contribution in [0.15, 0.2) is 75.2 Å². The summed E-state index contributed by atoms with van der Waals surface area (Å²) >= 11 is 6.37. The van der Waals surface area contributed by atoms with E-state index in [-0.39, 0.29) is 17.8 Å². The van der Waals surface area contributed by atoms with E-state index >= 15 is 0 Å². The molecule has 1 aromatic rings. The number of amidine groups is 2. The third-order valence-electron chi connectivity index (χ3n) is 5.67. The van der Waals surface area contributed by atoms with Crippen molar-refractivity contribution in [3.8, 4) is 0 Å². The van der Waals surface area contributed by atoms with Gasteiger partial charge in [-0.1, -0.05) is 11.6 Å². The fourth-order valence-corrected chi connectivity index (χ4v) is 4.28. The van der Waals surface area contributed by atoms with E-state index in [1.807, 2.05) is 13.0 Å². The number of halogens is 4. The predicted molar refractivity (Wildman–Crippen MR) is 134 cm³/mol. The van der Waals surface area contributed by atoms with Crippen LogP contribution in [0.2, 0.25) is 0 Å². The number of hydrogen-bond acceptors (Lipinski definition) is 7. The van der Waals surface area contributed by atoms with Gasteiger partial charge < -0.3 is 21.1 Å². The Morgan fingerprint density at radius 3 is 2.89 bits per heavy atom. The molecule has 0 spiro atoms. The van der Waals surface area contributed by atoms with Gasteiger partial charge in [-0.15, -0.1) is 0 Å². The molecule has 0 saturated carbocycles. The number of pyridine rings is 1. The van der Waals surface area contributed by atoms with Gasteiger partial charge >= 0.3 is 6.18 Å². The van der Waals surface area contributed by atoms with Crippen molar-refractivity contribution in [3.05, 3.63) is 71.0 Å². The van der Waals surface area contributed by atoms with Crippen molar-refractivity contribution in [2.45, 2.75) is 31.7 Å². The molecule has 192 valence electrons. The van der Waals surface area contributed by atoms with Gasteiger partial charge in [-0.2, -0.15) is 13.2 Å². The number of nitrogens with zero attached hydrogens (tertiary/aromatic N) is 4. The van der Waals surface area contributed by atoms with Gasteiger partial charge in [0.1, 0.15) is 17.4 Å². The molecule has 12 heteroatoms. The Morgan fingerprint density at radius 1 is 1.39 bits per heavy atom. The second kappa shape index (κ2) is 11.3. The van der Waals surface area contributed by atoms with Crippen LogP contribution < -0.4 is 16.4 Å². The van der Waals surface area contributed by atoms with Crippen molar-refractivity contribution in [2.24, 2.45) is 15.7 Å². The summed E-state index contributed by atoms with van der Waals surface area (Å²) in [4.78, 5) is 14.8. The van der Waals surface area contributed by atoms with Crippen LogP contribution in [0.1, 0.15) is 19.0 Å². The summed E-state index contributed by atoms with van der Waals surface area (Å²) in [5.41, 5.74) is 6.74. The molecule has 0 bridgehead atoms. The van der Waals surface area contributed by atoms with Crippen molar-refractivity contribution < 1.29 is 17.9 Å². The van der Waals surface area contributed by atoms with Gasteiger partial charge in [-0.25, -0.2) is 15.0 Å². The molecular weight excluding hydrogens is 495 g/mol. The smallest absolute Gasteiger partial charge is 0.404 e. The molecule has 4 N–H and O–H groups in total. The van der Waals surface area contributed by atoms with Crippen LogP contribution in [0.3, 0.4) is 0 Å². The first-order chi connectivity index (χ1) is 17.2. The normalized spacial score (nSPS) is 25.9. The zero-order chi connectivity index (χ0) is 25.7. The van der Waals surface area contributed by atoms with E-state index in [2.05, 4.69) is 30.5 Å². The van der Waals surface area contributed by atoms with Crippen LogP contribution in [0.25, 0.3) is 0 Å². The maximum Gasteiger partial charge on any atom is 0.433 e. The van der Waals surface area contributed by atoms with Gasteiger partial charge in [0, 0.05) is 30.2 Å². The van der Waals surface area contributed by atoms with Gasteiger partial charge in [-0.05, 0) is 55.3 Å². The van der Waals surface area contributed by atoms with Crippen molar-refractivity contribution in [1.82, 2.24) is 20.5 Å². The molecule has 3 aliphatic rings. The Bertz CT molecular complexity index is 1140. The molecule has 3 aliphatic heterocycles. The first-order valence-corrected chi connectivity index (χ1v) is 11.8. The standard InChI is InChI=1S/C24H27ClF3N7O/c1-15-13-35(7-8-36-15)14-22-33-18(9-16(11-29)23-19(25)3-2-6-30-23)10-21(34-22)32-17-4-5-20(31-12-17)24(26,27)28/h2-6,9,11-12,15,23,30H,7-8,10,13-14,29H2,1H3,(H,32,33,34)/b16-11+,18-9+/t15-,23?/m0/s1. The van der Waals surface area contributed by atoms with Crippen LogP contribution >= 0.6 is 11.6 Å². The minimum Gasteiger partial charge on any atom is -0.404 e. The fraction of sp³-hybridized carbons (Fsp3) is 0.375. The van der Waals surface area contributed by atoms with Gasteiger partial charge in [-0.3, -0.25) is 4.90 Å². The molecule has 2 atom stereocenters. The highest BCUT2D eigenvalue weighted by Gasteiger charge is 2.32. The molecular formula is C24H27ClF3N7O. The van der Waals surface area contributed by atoms with Gasteiger partial charge in [0.15, 0.2) is 0 Å². The topological polar surface area (TPSA) is 100 Å². The number of dihydropyridines is 1. The number of morpholine rings is 1. The highest BCUT2D eigenvalue weighted by molar-refractivity contribution is 6.30. The summed E-state index contributed by atoms with van der Waals surface area (Å²) < 4.78 is 44.3. The van der Waals surface area contributed by atoms with Crippen LogP contribution in [0.4, 0.5) is 18.9 Å². The molecule has 36 heavy (non-hydrogen) atoms. The molecule has 4 heterocycles. The number of nitrogens with one attached hydrogen (secondary N) is 2. The molecule has 1 saturated heterocycles. The predicted octanol–water partition coefficient (Wildman–Crippen LogP) is 3.58. The summed E-state index contributed by atoms with van der Waals surface area (Å²) in [6, 6.07) is 1.88. The number of ether oxygens (including phenoxy) is 1. The molecule has 0 aromatic carbocycles. The molecule has 0 radical (unpaired) electrons. The molecule has 1 fully saturated rings. The monoisotopic (exact) mass is 521 g/mol. The Kier molecular flexibility index (Phi) is 8.12. The lowest BCUT2D eigenvalue weighted by molar-refractivity contribution is -0.141.